The average Bonchev–Trinajstić information content (AvgIpc) is 2.21. The summed E-state index contributed by atoms with van der Waals surface area (Å²) in [6.45, 7) is 0. The van der Waals surface area contributed by atoms with Crippen molar-refractivity contribution in [2.75, 3.05) is 0 Å². The molecule has 2 rings (SSSR count). The van der Waals surface area contributed by atoms with Crippen molar-refractivity contribution in [2.45, 2.75) is 0 Å². The summed E-state index contributed by atoms with van der Waals surface area (Å²) < 4.78 is 0. The zero-order chi connectivity index (χ0) is 10.2. The van der Waals surface area contributed by atoms with Gasteiger partial charge in [-0.15, -0.1) is 0 Å². The molecular formula is C11H11NO2. The molecule has 0 amide bonds. The maximum Gasteiger partial charge on any atom is 0.247 e. The Kier molecular flexibility index (Phi) is 4.01. The van der Waals surface area contributed by atoms with Gasteiger partial charge in [-0.3, -0.25) is 4.79 Å². The smallest absolute Gasteiger partial charge is 0.247 e. The van der Waals surface area contributed by atoms with Crippen LogP contribution in [0.5, 0.6) is 5.75 Å². The Balaban J connectivity index is 0.000000140. The van der Waals surface area contributed by atoms with Crippen LogP contribution >= 0.6 is 0 Å². The number of pyridine rings is 1. The average molecular weight is 189 g/mol. The Labute approximate surface area is 81.7 Å². The molecule has 1 aromatic carbocycles. The predicted octanol–water partition coefficient (Wildman–Crippen LogP) is 1.77. The van der Waals surface area contributed by atoms with Crippen LogP contribution in [0, 0.1) is 0 Å². The maximum atomic E-state index is 10.2. The first kappa shape index (κ1) is 10.1. The Morgan fingerprint density at radius 2 is 1.57 bits per heavy atom. The number of aromatic nitrogens is 1. The SMILES string of the molecule is O=c1cccc[nH]1.Oc1ccccc1. The normalized spacial score (nSPS) is 8.57. The molecule has 0 saturated carbocycles. The number of aromatic amines is 1. The lowest BCUT2D eigenvalue weighted by Crippen LogP contribution is -1.98. The summed E-state index contributed by atoms with van der Waals surface area (Å²) in [7, 11) is 0. The van der Waals surface area contributed by atoms with Gasteiger partial charge < -0.3 is 10.1 Å². The molecule has 3 nitrogen and oxygen atoms in total. The van der Waals surface area contributed by atoms with Crippen LogP contribution < -0.4 is 5.56 Å². The second-order valence-corrected chi connectivity index (χ2v) is 2.56. The van der Waals surface area contributed by atoms with Gasteiger partial charge in [0.1, 0.15) is 5.75 Å². The summed E-state index contributed by atoms with van der Waals surface area (Å²) in [4.78, 5) is 12.7. The highest BCUT2D eigenvalue weighted by Gasteiger charge is 1.74. The minimum Gasteiger partial charge on any atom is -0.508 e. The molecule has 0 saturated heterocycles. The minimum atomic E-state index is -0.0532. The van der Waals surface area contributed by atoms with E-state index in [-0.39, 0.29) is 5.56 Å². The maximum absolute atomic E-state index is 10.2. The lowest BCUT2D eigenvalue weighted by molar-refractivity contribution is 0.475. The Morgan fingerprint density at radius 3 is 1.86 bits per heavy atom. The third kappa shape index (κ3) is 4.11. The van der Waals surface area contributed by atoms with Gasteiger partial charge in [-0.1, -0.05) is 24.3 Å². The standard InChI is InChI=1S/C6H6O.C5H5NO/c7-6-4-2-1-3-5-6;7-5-3-1-2-4-6-5/h1-5,7H;1-4H,(H,6,7). The molecule has 0 aliphatic carbocycles. The number of phenols is 1. The van der Waals surface area contributed by atoms with E-state index in [1.807, 2.05) is 6.07 Å². The molecule has 0 aliphatic heterocycles. The van der Waals surface area contributed by atoms with Crippen molar-refractivity contribution in [1.82, 2.24) is 4.98 Å². The van der Waals surface area contributed by atoms with Gasteiger partial charge in [0.25, 0.3) is 0 Å². The third-order valence-corrected chi connectivity index (χ3v) is 1.44. The molecule has 0 bridgehead atoms. The molecule has 0 radical (unpaired) electrons. The molecule has 2 N–H and O–H groups in total. The van der Waals surface area contributed by atoms with E-state index < -0.39 is 0 Å². The van der Waals surface area contributed by atoms with Gasteiger partial charge >= 0.3 is 0 Å². The fourth-order valence-corrected chi connectivity index (χ4v) is 0.805. The van der Waals surface area contributed by atoms with Gasteiger partial charge in [-0.25, -0.2) is 0 Å². The first-order valence-corrected chi connectivity index (χ1v) is 4.17. The van der Waals surface area contributed by atoms with Gasteiger partial charge in [0.2, 0.25) is 5.56 Å². The van der Waals surface area contributed by atoms with Gasteiger partial charge in [0.15, 0.2) is 0 Å². The van der Waals surface area contributed by atoms with E-state index in [9.17, 15) is 4.79 Å². The molecule has 1 aromatic heterocycles. The molecule has 3 heteroatoms. The van der Waals surface area contributed by atoms with Crippen molar-refractivity contribution in [2.24, 2.45) is 0 Å². The topological polar surface area (TPSA) is 53.1 Å². The van der Waals surface area contributed by atoms with Crippen LogP contribution in [0.15, 0.2) is 59.5 Å². The largest absolute Gasteiger partial charge is 0.508 e. The van der Waals surface area contributed by atoms with Gasteiger partial charge in [0, 0.05) is 12.3 Å². The van der Waals surface area contributed by atoms with E-state index in [2.05, 4.69) is 4.98 Å². The lowest BCUT2D eigenvalue weighted by atomic mass is 10.3. The van der Waals surface area contributed by atoms with E-state index >= 15 is 0 Å². The molecule has 14 heavy (non-hydrogen) atoms. The van der Waals surface area contributed by atoms with Crippen LogP contribution in [0.4, 0.5) is 0 Å². The number of nitrogens with one attached hydrogen (secondary N) is 1. The van der Waals surface area contributed by atoms with Crippen molar-refractivity contribution in [3.05, 3.63) is 65.1 Å². The number of hydrogen-bond donors (Lipinski definition) is 2. The zero-order valence-electron chi connectivity index (χ0n) is 7.55. The summed E-state index contributed by atoms with van der Waals surface area (Å²) in [5, 5.41) is 8.63. The van der Waals surface area contributed by atoms with Crippen LogP contribution in [0.25, 0.3) is 0 Å². The van der Waals surface area contributed by atoms with E-state index in [0.717, 1.165) is 0 Å². The van der Waals surface area contributed by atoms with Crippen LogP contribution in [0.3, 0.4) is 0 Å². The summed E-state index contributed by atoms with van der Waals surface area (Å²) in [5.74, 6) is 0.322. The number of H-pyrrole nitrogens is 1. The first-order valence-electron chi connectivity index (χ1n) is 4.17. The van der Waals surface area contributed by atoms with E-state index in [1.54, 1.807) is 42.6 Å². The first-order chi connectivity index (χ1) is 6.79. The van der Waals surface area contributed by atoms with E-state index in [4.69, 9.17) is 5.11 Å². The highest BCUT2D eigenvalue weighted by molar-refractivity contribution is 5.18. The van der Waals surface area contributed by atoms with Crippen molar-refractivity contribution in [3.63, 3.8) is 0 Å². The number of phenolic OH excluding ortho intramolecular Hbond substituents is 1. The minimum absolute atomic E-state index is 0.0532. The summed E-state index contributed by atoms with van der Waals surface area (Å²) in [6, 6.07) is 13.6. The van der Waals surface area contributed by atoms with Crippen LogP contribution in [-0.2, 0) is 0 Å². The van der Waals surface area contributed by atoms with Crippen molar-refractivity contribution < 1.29 is 5.11 Å². The number of rotatable bonds is 0. The molecule has 0 spiro atoms. The number of aromatic hydroxyl groups is 1. The molecule has 0 unspecified atom stereocenters. The molecule has 0 fully saturated rings. The summed E-state index contributed by atoms with van der Waals surface area (Å²) >= 11 is 0. The Bertz CT molecular complexity index is 391. The molecule has 0 aliphatic rings. The zero-order valence-corrected chi connectivity index (χ0v) is 7.55. The highest BCUT2D eigenvalue weighted by Crippen LogP contribution is 2.02. The molecule has 1 heterocycles. The quantitative estimate of drug-likeness (QED) is 0.663. The van der Waals surface area contributed by atoms with Crippen LogP contribution in [-0.4, -0.2) is 10.1 Å². The van der Waals surface area contributed by atoms with E-state index in [1.165, 1.54) is 6.07 Å². The fraction of sp³-hybridized carbons (Fsp3) is 0. The van der Waals surface area contributed by atoms with Crippen molar-refractivity contribution in [3.8, 4) is 5.75 Å². The van der Waals surface area contributed by atoms with Gasteiger partial charge in [-0.2, -0.15) is 0 Å². The number of hydrogen-bond acceptors (Lipinski definition) is 2. The molecule has 2 aromatic rings. The summed E-state index contributed by atoms with van der Waals surface area (Å²) in [5.41, 5.74) is -0.0532. The number of benzene rings is 1. The monoisotopic (exact) mass is 189 g/mol. The Morgan fingerprint density at radius 1 is 0.929 bits per heavy atom. The van der Waals surface area contributed by atoms with Crippen molar-refractivity contribution >= 4 is 0 Å². The molecule has 0 atom stereocenters. The predicted molar refractivity (Wildman–Crippen MR) is 55.2 cm³/mol. The number of para-hydroxylation sites is 1. The summed E-state index contributed by atoms with van der Waals surface area (Å²) in [6.07, 6.45) is 1.60. The molecule has 72 valence electrons. The second kappa shape index (κ2) is 5.59. The molecular weight excluding hydrogens is 178 g/mol. The lowest BCUT2D eigenvalue weighted by Gasteiger charge is -1.82. The van der Waals surface area contributed by atoms with Crippen molar-refractivity contribution in [1.29, 1.82) is 0 Å². The van der Waals surface area contributed by atoms with Crippen LogP contribution in [0.1, 0.15) is 0 Å². The van der Waals surface area contributed by atoms with Gasteiger partial charge in [-0.05, 0) is 18.2 Å². The van der Waals surface area contributed by atoms with Crippen LogP contribution in [0.2, 0.25) is 0 Å². The third-order valence-electron chi connectivity index (χ3n) is 1.44. The van der Waals surface area contributed by atoms with E-state index in [0.29, 0.717) is 5.75 Å². The Hall–Kier alpha value is -2.03. The van der Waals surface area contributed by atoms with Gasteiger partial charge in [0.05, 0.1) is 0 Å². The second-order valence-electron chi connectivity index (χ2n) is 2.56. The fourth-order valence-electron chi connectivity index (χ4n) is 0.805. The highest BCUT2D eigenvalue weighted by atomic mass is 16.3.